The zero-order chi connectivity index (χ0) is 26.9. The third-order valence-corrected chi connectivity index (χ3v) is 6.56. The van der Waals surface area contributed by atoms with Crippen molar-refractivity contribution in [2.75, 3.05) is 79.1 Å². The van der Waals surface area contributed by atoms with E-state index in [1.807, 2.05) is 32.5 Å². The van der Waals surface area contributed by atoms with Gasteiger partial charge in [0, 0.05) is 36.1 Å². The van der Waals surface area contributed by atoms with Crippen LogP contribution in [0.5, 0.6) is 0 Å². The summed E-state index contributed by atoms with van der Waals surface area (Å²) in [6.45, 7) is 18.7. The van der Waals surface area contributed by atoms with Gasteiger partial charge in [0.05, 0.1) is 52.9 Å². The molecular formula is C26H50N2O7S. The molecule has 1 fully saturated rings. The number of rotatable bonds is 17. The molecule has 0 saturated carbocycles. The van der Waals surface area contributed by atoms with Crippen molar-refractivity contribution >= 4 is 23.8 Å². The van der Waals surface area contributed by atoms with Crippen LogP contribution in [-0.2, 0) is 28.5 Å². The van der Waals surface area contributed by atoms with Crippen LogP contribution in [0.4, 0.5) is 4.79 Å². The Bertz CT molecular complexity index is 600. The van der Waals surface area contributed by atoms with Crippen LogP contribution in [0.3, 0.4) is 0 Å². The molecule has 0 bridgehead atoms. The molecule has 0 aromatic heterocycles. The summed E-state index contributed by atoms with van der Waals surface area (Å²) < 4.78 is 27.4. The molecule has 0 aromatic carbocycles. The lowest BCUT2D eigenvalue weighted by Crippen LogP contribution is -2.40. The van der Waals surface area contributed by atoms with Crippen LogP contribution in [0.2, 0.25) is 0 Å². The van der Waals surface area contributed by atoms with Crippen molar-refractivity contribution in [3.05, 3.63) is 0 Å². The normalized spacial score (nSPS) is 15.2. The minimum absolute atomic E-state index is 0.00924. The van der Waals surface area contributed by atoms with Crippen LogP contribution < -0.4 is 5.32 Å². The van der Waals surface area contributed by atoms with E-state index in [0.717, 1.165) is 25.9 Å². The maximum absolute atomic E-state index is 12.2. The largest absolute Gasteiger partial charge is 0.447 e. The first-order valence-electron chi connectivity index (χ1n) is 13.1. The molecule has 1 N–H and O–H groups in total. The molecule has 0 aliphatic carbocycles. The fourth-order valence-electron chi connectivity index (χ4n) is 3.50. The summed E-state index contributed by atoms with van der Waals surface area (Å²) in [5, 5.41) is 3.46. The Morgan fingerprint density at radius 2 is 1.25 bits per heavy atom. The van der Waals surface area contributed by atoms with Gasteiger partial charge in [-0.05, 0) is 18.3 Å². The molecule has 0 unspecified atom stereocenters. The fourth-order valence-corrected chi connectivity index (χ4v) is 4.95. The highest BCUT2D eigenvalue weighted by Crippen LogP contribution is 2.33. The van der Waals surface area contributed by atoms with Crippen LogP contribution in [0, 0.1) is 5.41 Å². The van der Waals surface area contributed by atoms with Crippen LogP contribution >= 0.6 is 11.8 Å². The van der Waals surface area contributed by atoms with Gasteiger partial charge in [-0.1, -0.05) is 41.5 Å². The molecule has 212 valence electrons. The fraction of sp³-hybridized carbons (Fsp3) is 0.923. The molecule has 10 heteroatoms. The summed E-state index contributed by atoms with van der Waals surface area (Å²) in [5.41, 5.74) is -0.00924. The third kappa shape index (κ3) is 19.1. The molecule has 0 atom stereocenters. The van der Waals surface area contributed by atoms with Crippen molar-refractivity contribution in [2.24, 2.45) is 5.41 Å². The summed E-state index contributed by atoms with van der Waals surface area (Å²) in [6.07, 6.45) is 2.28. The van der Waals surface area contributed by atoms with Crippen molar-refractivity contribution in [1.82, 2.24) is 10.2 Å². The number of amides is 2. The van der Waals surface area contributed by atoms with E-state index in [1.54, 1.807) is 4.90 Å². The lowest BCUT2D eigenvalue weighted by Gasteiger charge is -2.34. The SMILES string of the molecule is CC(C)(C)CC(=O)NCCOCCOCCOCCOCCOC(=O)N1CCC(SC(C)(C)C)CC1. The third-order valence-electron chi connectivity index (χ3n) is 5.05. The van der Waals surface area contributed by atoms with Gasteiger partial charge < -0.3 is 33.9 Å². The second-order valence-electron chi connectivity index (χ2n) is 11.1. The number of piperidine rings is 1. The molecule has 9 nitrogen and oxygen atoms in total. The van der Waals surface area contributed by atoms with Gasteiger partial charge in [-0.2, -0.15) is 11.8 Å². The van der Waals surface area contributed by atoms with Crippen molar-refractivity contribution < 1.29 is 33.3 Å². The van der Waals surface area contributed by atoms with Gasteiger partial charge in [0.15, 0.2) is 0 Å². The first-order chi connectivity index (χ1) is 17.0. The zero-order valence-corrected chi connectivity index (χ0v) is 24.2. The molecule has 1 rings (SSSR count). The lowest BCUT2D eigenvalue weighted by atomic mass is 9.92. The second kappa shape index (κ2) is 18.2. The highest BCUT2D eigenvalue weighted by Gasteiger charge is 2.27. The molecule has 0 spiro atoms. The number of likely N-dealkylation sites (tertiary alicyclic amines) is 1. The Hall–Kier alpha value is -1.07. The number of hydrogen-bond donors (Lipinski definition) is 1. The molecule has 1 heterocycles. The molecular weight excluding hydrogens is 484 g/mol. The van der Waals surface area contributed by atoms with Crippen LogP contribution in [0.25, 0.3) is 0 Å². The highest BCUT2D eigenvalue weighted by atomic mass is 32.2. The van der Waals surface area contributed by atoms with E-state index < -0.39 is 0 Å². The standard InChI is InChI=1S/C26H50N2O7S/c1-25(2,3)21-23(29)27-9-12-31-13-14-32-15-16-33-17-18-34-19-20-35-24(30)28-10-7-22(8-11-28)36-26(4,5)6/h22H,7-21H2,1-6H3,(H,27,29). The smallest absolute Gasteiger partial charge is 0.409 e. The Balaban J connectivity index is 1.83. The topological polar surface area (TPSA) is 95.6 Å². The first-order valence-corrected chi connectivity index (χ1v) is 14.0. The van der Waals surface area contributed by atoms with Crippen molar-refractivity contribution in [1.29, 1.82) is 0 Å². The second-order valence-corrected chi connectivity index (χ2v) is 13.2. The van der Waals surface area contributed by atoms with Gasteiger partial charge in [-0.3, -0.25) is 4.79 Å². The van der Waals surface area contributed by atoms with Crippen LogP contribution in [0.1, 0.15) is 60.8 Å². The summed E-state index contributed by atoms with van der Waals surface area (Å²) in [7, 11) is 0. The summed E-state index contributed by atoms with van der Waals surface area (Å²) in [4.78, 5) is 25.6. The predicted molar refractivity (Wildman–Crippen MR) is 144 cm³/mol. The maximum atomic E-state index is 12.2. The summed E-state index contributed by atoms with van der Waals surface area (Å²) in [6, 6.07) is 0. The van der Waals surface area contributed by atoms with Gasteiger partial charge in [-0.25, -0.2) is 4.79 Å². The monoisotopic (exact) mass is 534 g/mol. The Labute approximate surface area is 222 Å². The van der Waals surface area contributed by atoms with Crippen molar-refractivity contribution in [3.8, 4) is 0 Å². The van der Waals surface area contributed by atoms with E-state index >= 15 is 0 Å². The van der Waals surface area contributed by atoms with Crippen molar-refractivity contribution in [3.63, 3.8) is 0 Å². The number of carbonyl (C=O) groups is 2. The van der Waals surface area contributed by atoms with E-state index in [4.69, 9.17) is 23.7 Å². The molecule has 0 aromatic rings. The molecule has 0 radical (unpaired) electrons. The minimum Gasteiger partial charge on any atom is -0.447 e. The molecule has 1 aliphatic heterocycles. The minimum atomic E-state index is -0.250. The number of thioether (sulfide) groups is 1. The van der Waals surface area contributed by atoms with Gasteiger partial charge in [0.2, 0.25) is 5.91 Å². The van der Waals surface area contributed by atoms with E-state index in [0.29, 0.717) is 71.1 Å². The summed E-state index contributed by atoms with van der Waals surface area (Å²) in [5.74, 6) is 0.0472. The number of nitrogens with one attached hydrogen (secondary N) is 1. The zero-order valence-electron chi connectivity index (χ0n) is 23.4. The summed E-state index contributed by atoms with van der Waals surface area (Å²) >= 11 is 2.00. The van der Waals surface area contributed by atoms with E-state index in [9.17, 15) is 9.59 Å². The molecule has 1 aliphatic rings. The first kappa shape index (κ1) is 33.0. The van der Waals surface area contributed by atoms with E-state index in [-0.39, 0.29) is 28.8 Å². The molecule has 1 saturated heterocycles. The lowest BCUT2D eigenvalue weighted by molar-refractivity contribution is -0.123. The Morgan fingerprint density at radius 1 is 0.778 bits per heavy atom. The number of nitrogens with zero attached hydrogens (tertiary/aromatic N) is 1. The Kier molecular flexibility index (Phi) is 16.7. The van der Waals surface area contributed by atoms with Crippen LogP contribution in [-0.4, -0.2) is 106 Å². The van der Waals surface area contributed by atoms with E-state index in [2.05, 4.69) is 26.1 Å². The highest BCUT2D eigenvalue weighted by molar-refractivity contribution is 8.01. The quantitative estimate of drug-likeness (QED) is 0.282. The van der Waals surface area contributed by atoms with Gasteiger partial charge in [0.1, 0.15) is 6.61 Å². The van der Waals surface area contributed by atoms with Gasteiger partial charge in [0.25, 0.3) is 0 Å². The number of hydrogen-bond acceptors (Lipinski definition) is 8. The molecule has 2 amide bonds. The predicted octanol–water partition coefficient (Wildman–Crippen LogP) is 3.74. The van der Waals surface area contributed by atoms with Crippen molar-refractivity contribution in [2.45, 2.75) is 70.8 Å². The van der Waals surface area contributed by atoms with Gasteiger partial charge >= 0.3 is 6.09 Å². The maximum Gasteiger partial charge on any atom is 0.409 e. The van der Waals surface area contributed by atoms with Crippen LogP contribution in [0.15, 0.2) is 0 Å². The Morgan fingerprint density at radius 3 is 1.72 bits per heavy atom. The number of ether oxygens (including phenoxy) is 5. The average Bonchev–Trinajstić information content (AvgIpc) is 2.77. The van der Waals surface area contributed by atoms with E-state index in [1.165, 1.54) is 0 Å². The molecule has 36 heavy (non-hydrogen) atoms. The number of carbonyl (C=O) groups excluding carboxylic acids is 2. The average molecular weight is 535 g/mol. The van der Waals surface area contributed by atoms with Gasteiger partial charge in [-0.15, -0.1) is 0 Å².